The fourth-order valence-electron chi connectivity index (χ4n) is 2.06. The Hall–Kier alpha value is -2.82. The summed E-state index contributed by atoms with van der Waals surface area (Å²) in [6, 6.07) is 8.41. The number of carboxylic acids is 2. The van der Waals surface area contributed by atoms with Crippen molar-refractivity contribution in [3.05, 3.63) is 58.7 Å². The SMILES string of the molecule is CSC(=N\N=C\c1cccc(C(=O)O)c1O)/N=C/c1cccc(C(=O)O)c1O.O.O.O.O.O.[Cu].[Cu]. The van der Waals surface area contributed by atoms with Gasteiger partial charge in [0.05, 0.1) is 6.21 Å². The van der Waals surface area contributed by atoms with Crippen LogP contribution in [0, 0.1) is 0 Å². The van der Waals surface area contributed by atoms with Gasteiger partial charge in [-0.1, -0.05) is 23.9 Å². The number of benzene rings is 2. The number of aromatic carboxylic acids is 2. The van der Waals surface area contributed by atoms with Gasteiger partial charge in [0.15, 0.2) is 0 Å². The van der Waals surface area contributed by atoms with E-state index in [1.807, 2.05) is 0 Å². The van der Waals surface area contributed by atoms with Crippen LogP contribution in [0.25, 0.3) is 0 Å². The van der Waals surface area contributed by atoms with Crippen molar-refractivity contribution >= 4 is 41.3 Å². The average Bonchev–Trinajstić information content (AvgIpc) is 2.66. The number of nitrogens with zero attached hydrogens (tertiary/aromatic N) is 3. The normalized spacial score (nSPS) is 9.57. The fourth-order valence-corrected chi connectivity index (χ4v) is 2.35. The Morgan fingerprint density at radius 2 is 1.17 bits per heavy atom. The molecule has 0 saturated heterocycles. The van der Waals surface area contributed by atoms with E-state index in [1.165, 1.54) is 48.8 Å². The molecule has 0 spiro atoms. The van der Waals surface area contributed by atoms with Crippen LogP contribution in [0.15, 0.2) is 51.6 Å². The van der Waals surface area contributed by atoms with Crippen LogP contribution in [0.1, 0.15) is 31.8 Å². The zero-order valence-electron chi connectivity index (χ0n) is 17.6. The number of phenols is 2. The summed E-state index contributed by atoms with van der Waals surface area (Å²) < 4.78 is 0. The van der Waals surface area contributed by atoms with Gasteiger partial charge in [-0.05, 0) is 30.5 Å². The van der Waals surface area contributed by atoms with Crippen LogP contribution >= 0.6 is 11.8 Å². The quantitative estimate of drug-likeness (QED) is 0.133. The molecule has 14 nitrogen and oxygen atoms in total. The summed E-state index contributed by atoms with van der Waals surface area (Å²) in [6.45, 7) is 0. The molecule has 0 atom stereocenters. The first kappa shape index (κ1) is 45.6. The summed E-state index contributed by atoms with van der Waals surface area (Å²) in [7, 11) is 0. The first-order valence-corrected chi connectivity index (χ1v) is 8.87. The maximum atomic E-state index is 11.0. The molecule has 17 heteroatoms. The summed E-state index contributed by atoms with van der Waals surface area (Å²) in [6.07, 6.45) is 4.10. The third-order valence-corrected chi connectivity index (χ3v) is 3.98. The Kier molecular flexibility index (Phi) is 28.3. The van der Waals surface area contributed by atoms with Gasteiger partial charge in [0, 0.05) is 51.5 Å². The predicted molar refractivity (Wildman–Crippen MR) is 124 cm³/mol. The minimum absolute atomic E-state index is 0. The van der Waals surface area contributed by atoms with Crippen molar-refractivity contribution in [3.63, 3.8) is 0 Å². The van der Waals surface area contributed by atoms with Crippen LogP contribution in [0.4, 0.5) is 0 Å². The van der Waals surface area contributed by atoms with Gasteiger partial charge < -0.3 is 47.8 Å². The van der Waals surface area contributed by atoms with E-state index in [0.29, 0.717) is 0 Å². The van der Waals surface area contributed by atoms with Crippen LogP contribution in [0.5, 0.6) is 11.5 Å². The first-order chi connectivity index (χ1) is 13.3. The van der Waals surface area contributed by atoms with Crippen LogP contribution in [0.2, 0.25) is 0 Å². The van der Waals surface area contributed by atoms with E-state index in [-0.39, 0.29) is 88.9 Å². The number of hydrogen-bond acceptors (Lipinski definition) is 7. The van der Waals surface area contributed by atoms with E-state index in [9.17, 15) is 19.8 Å². The molecule has 2 aromatic carbocycles. The summed E-state index contributed by atoms with van der Waals surface area (Å²) in [5, 5.41) is 45.6. The molecule has 206 valence electrons. The number of rotatable bonds is 5. The van der Waals surface area contributed by atoms with Crippen LogP contribution < -0.4 is 0 Å². The first-order valence-electron chi connectivity index (χ1n) is 7.64. The second-order valence-corrected chi connectivity index (χ2v) is 5.96. The van der Waals surface area contributed by atoms with Crippen LogP contribution in [-0.4, -0.2) is 83.6 Å². The maximum absolute atomic E-state index is 11.0. The average molecular weight is 619 g/mol. The van der Waals surface area contributed by atoms with E-state index in [1.54, 1.807) is 6.26 Å². The van der Waals surface area contributed by atoms with Gasteiger partial charge in [-0.25, -0.2) is 14.6 Å². The van der Waals surface area contributed by atoms with Crippen molar-refractivity contribution in [1.82, 2.24) is 0 Å². The van der Waals surface area contributed by atoms with Gasteiger partial charge in [-0.2, -0.15) is 5.10 Å². The number of aliphatic imine (C=N–C) groups is 1. The standard InChI is InChI=1S/C18H15N3O6S.2Cu.5H2O/c1-28-18(19-8-10-4-2-6-12(14(10)22)16(24)25)21-20-9-11-5-3-7-13(15(11)23)17(26)27;;;;;;;/h2-9,22-23H,1H3,(H,24,25)(H,26,27);;;5*1H2/b19-8+,20-9+,21-18-;;;;;;;. The van der Waals surface area contributed by atoms with E-state index in [4.69, 9.17) is 10.2 Å². The third-order valence-electron chi connectivity index (χ3n) is 3.43. The summed E-state index contributed by atoms with van der Waals surface area (Å²) in [5.41, 5.74) is -0.152. The molecule has 0 unspecified atom stereocenters. The number of thioether (sulfide) groups is 1. The number of carbonyl (C=O) groups is 2. The topological polar surface area (TPSA) is 310 Å². The van der Waals surface area contributed by atoms with Gasteiger partial charge >= 0.3 is 11.9 Å². The summed E-state index contributed by atoms with van der Waals surface area (Å²) in [4.78, 5) is 26.1. The zero-order chi connectivity index (χ0) is 20.7. The molecule has 2 aromatic rings. The van der Waals surface area contributed by atoms with Gasteiger partial charge in [0.1, 0.15) is 22.6 Å². The fraction of sp³-hybridized carbons (Fsp3) is 0.0556. The smallest absolute Gasteiger partial charge is 0.339 e. The molecule has 0 aromatic heterocycles. The summed E-state index contributed by atoms with van der Waals surface area (Å²) in [5.74, 6) is -3.38. The van der Waals surface area contributed by atoms with E-state index in [0.717, 1.165) is 11.8 Å². The number of aromatic hydroxyl groups is 2. The Labute approximate surface area is 224 Å². The van der Waals surface area contributed by atoms with Crippen molar-refractivity contribution in [3.8, 4) is 11.5 Å². The van der Waals surface area contributed by atoms with Crippen molar-refractivity contribution in [2.75, 3.05) is 6.26 Å². The largest absolute Gasteiger partial charge is 0.506 e. The Morgan fingerprint density at radius 1 is 0.771 bits per heavy atom. The molecule has 0 saturated carbocycles. The summed E-state index contributed by atoms with van der Waals surface area (Å²) >= 11 is 1.14. The van der Waals surface area contributed by atoms with Crippen molar-refractivity contribution < 1.29 is 91.5 Å². The Balaban J connectivity index is -0.000000300. The number of hydrogen-bond donors (Lipinski definition) is 4. The molecular formula is C18H25Cu2N3O11S. The van der Waals surface area contributed by atoms with E-state index >= 15 is 0 Å². The van der Waals surface area contributed by atoms with E-state index in [2.05, 4.69) is 15.2 Å². The molecular weight excluding hydrogens is 593 g/mol. The number of carboxylic acid groups (broad SMARTS) is 2. The molecule has 0 aliphatic carbocycles. The molecule has 2 radical (unpaired) electrons. The van der Waals surface area contributed by atoms with E-state index < -0.39 is 23.4 Å². The monoisotopic (exact) mass is 617 g/mol. The third kappa shape index (κ3) is 12.4. The Bertz CT molecular complexity index is 1020. The van der Waals surface area contributed by atoms with Crippen molar-refractivity contribution in [2.45, 2.75) is 0 Å². The predicted octanol–water partition coefficient (Wildman–Crippen LogP) is -1.46. The number of para-hydroxylation sites is 2. The molecule has 0 aliphatic rings. The van der Waals surface area contributed by atoms with Gasteiger partial charge in [-0.15, -0.1) is 5.10 Å². The molecule has 0 bridgehead atoms. The van der Waals surface area contributed by atoms with Gasteiger partial charge in [-0.3, -0.25) is 0 Å². The second-order valence-electron chi connectivity index (χ2n) is 5.19. The van der Waals surface area contributed by atoms with Crippen molar-refractivity contribution in [2.24, 2.45) is 15.2 Å². The van der Waals surface area contributed by atoms with Crippen LogP contribution in [-0.2, 0) is 34.1 Å². The molecule has 0 fully saturated rings. The molecule has 2 rings (SSSR count). The molecule has 14 N–H and O–H groups in total. The van der Waals surface area contributed by atoms with Crippen LogP contribution in [0.3, 0.4) is 0 Å². The second kappa shape index (κ2) is 21.7. The number of amidine groups is 1. The maximum Gasteiger partial charge on any atom is 0.339 e. The van der Waals surface area contributed by atoms with Gasteiger partial charge in [0.25, 0.3) is 0 Å². The van der Waals surface area contributed by atoms with Crippen molar-refractivity contribution in [1.29, 1.82) is 0 Å². The Morgan fingerprint density at radius 3 is 1.54 bits per heavy atom. The minimum Gasteiger partial charge on any atom is -0.506 e. The zero-order valence-corrected chi connectivity index (χ0v) is 20.3. The molecule has 35 heavy (non-hydrogen) atoms. The molecule has 0 aliphatic heterocycles. The molecule has 0 heterocycles. The molecule has 0 amide bonds. The minimum atomic E-state index is -1.27. The van der Waals surface area contributed by atoms with Gasteiger partial charge in [0.2, 0.25) is 5.17 Å².